The average molecular weight is 241 g/mol. The minimum absolute atomic E-state index is 0.747. The van der Waals surface area contributed by atoms with Crippen LogP contribution in [0.2, 0.25) is 0 Å². The molecule has 0 aromatic carbocycles. The molecule has 3 heteroatoms. The van der Waals surface area contributed by atoms with E-state index in [0.29, 0.717) is 0 Å². The predicted octanol–water partition coefficient (Wildman–Crippen LogP) is 1.79. The summed E-state index contributed by atoms with van der Waals surface area (Å²) in [7, 11) is 2.27. The van der Waals surface area contributed by atoms with Crippen LogP contribution < -0.4 is 5.32 Å². The average Bonchev–Trinajstić information content (AvgIpc) is 2.35. The monoisotopic (exact) mass is 241 g/mol. The molecular weight excluding hydrogens is 210 g/mol. The molecule has 0 amide bonds. The molecule has 0 aliphatic carbocycles. The Kier molecular flexibility index (Phi) is 7.09. The molecule has 1 fully saturated rings. The van der Waals surface area contributed by atoms with Crippen LogP contribution in [0.25, 0.3) is 0 Å². The summed E-state index contributed by atoms with van der Waals surface area (Å²) in [6, 6.07) is 1.51. The van der Waals surface area contributed by atoms with Crippen molar-refractivity contribution in [3.63, 3.8) is 0 Å². The van der Waals surface area contributed by atoms with E-state index in [-0.39, 0.29) is 0 Å². The number of likely N-dealkylation sites (N-methyl/N-ethyl adjacent to an activating group) is 1. The Morgan fingerprint density at radius 2 is 2.06 bits per heavy atom. The highest BCUT2D eigenvalue weighted by molar-refractivity contribution is 4.82. The molecule has 1 N–H and O–H groups in total. The number of hydrogen-bond acceptors (Lipinski definition) is 3. The molecular formula is C14H31N3. The Bertz CT molecular complexity index is 196. The second-order valence-electron chi connectivity index (χ2n) is 5.38. The molecule has 1 aliphatic rings. The first-order valence-electron chi connectivity index (χ1n) is 7.34. The molecule has 0 bridgehead atoms. The quantitative estimate of drug-likeness (QED) is 0.686. The van der Waals surface area contributed by atoms with Gasteiger partial charge in [0.25, 0.3) is 0 Å². The largest absolute Gasteiger partial charge is 0.317 e. The Hall–Kier alpha value is -0.120. The molecule has 2 unspecified atom stereocenters. The SMILES string of the molecule is CCNCCCC(C)N1CCN(C)C(CC)C1. The zero-order valence-corrected chi connectivity index (χ0v) is 12.2. The van der Waals surface area contributed by atoms with E-state index in [1.807, 2.05) is 0 Å². The van der Waals surface area contributed by atoms with Gasteiger partial charge in [-0.15, -0.1) is 0 Å². The molecule has 0 saturated carbocycles. The molecule has 1 saturated heterocycles. The van der Waals surface area contributed by atoms with Gasteiger partial charge in [0.2, 0.25) is 0 Å². The molecule has 0 aromatic rings. The van der Waals surface area contributed by atoms with Crippen LogP contribution in [0, 0.1) is 0 Å². The van der Waals surface area contributed by atoms with Gasteiger partial charge >= 0.3 is 0 Å². The lowest BCUT2D eigenvalue weighted by Gasteiger charge is -2.42. The molecule has 1 aliphatic heterocycles. The highest BCUT2D eigenvalue weighted by atomic mass is 15.3. The van der Waals surface area contributed by atoms with Gasteiger partial charge in [0.15, 0.2) is 0 Å². The van der Waals surface area contributed by atoms with E-state index < -0.39 is 0 Å². The number of nitrogens with one attached hydrogen (secondary N) is 1. The van der Waals surface area contributed by atoms with Gasteiger partial charge in [-0.3, -0.25) is 4.90 Å². The number of nitrogens with zero attached hydrogens (tertiary/aromatic N) is 2. The Morgan fingerprint density at radius 3 is 2.71 bits per heavy atom. The molecule has 17 heavy (non-hydrogen) atoms. The van der Waals surface area contributed by atoms with Crippen LogP contribution in [0.1, 0.15) is 40.0 Å². The highest BCUT2D eigenvalue weighted by Gasteiger charge is 2.25. The van der Waals surface area contributed by atoms with Crippen molar-refractivity contribution in [2.75, 3.05) is 39.8 Å². The van der Waals surface area contributed by atoms with Crippen LogP contribution in [0.15, 0.2) is 0 Å². The molecule has 1 rings (SSSR count). The summed E-state index contributed by atoms with van der Waals surface area (Å²) in [6.45, 7) is 12.9. The van der Waals surface area contributed by atoms with Gasteiger partial charge in [-0.25, -0.2) is 0 Å². The van der Waals surface area contributed by atoms with Gasteiger partial charge in [-0.1, -0.05) is 13.8 Å². The topological polar surface area (TPSA) is 18.5 Å². The summed E-state index contributed by atoms with van der Waals surface area (Å²) in [6.07, 6.45) is 3.91. The summed E-state index contributed by atoms with van der Waals surface area (Å²) >= 11 is 0. The molecule has 2 atom stereocenters. The van der Waals surface area contributed by atoms with Crippen LogP contribution >= 0.6 is 0 Å². The van der Waals surface area contributed by atoms with E-state index in [1.165, 1.54) is 45.4 Å². The fraction of sp³-hybridized carbons (Fsp3) is 1.00. The molecule has 102 valence electrons. The summed E-state index contributed by atoms with van der Waals surface area (Å²) in [5.74, 6) is 0. The van der Waals surface area contributed by atoms with Crippen LogP contribution in [0.4, 0.5) is 0 Å². The third-order valence-electron chi connectivity index (χ3n) is 4.13. The maximum absolute atomic E-state index is 3.41. The summed E-state index contributed by atoms with van der Waals surface area (Å²) in [5.41, 5.74) is 0. The van der Waals surface area contributed by atoms with E-state index in [2.05, 4.69) is 42.9 Å². The maximum Gasteiger partial charge on any atom is 0.0218 e. The summed E-state index contributed by atoms with van der Waals surface area (Å²) < 4.78 is 0. The lowest BCUT2D eigenvalue weighted by atomic mass is 10.1. The second-order valence-corrected chi connectivity index (χ2v) is 5.38. The highest BCUT2D eigenvalue weighted by Crippen LogP contribution is 2.15. The Labute approximate surface area is 108 Å². The van der Waals surface area contributed by atoms with Crippen LogP contribution in [0.5, 0.6) is 0 Å². The minimum atomic E-state index is 0.747. The van der Waals surface area contributed by atoms with Crippen molar-refractivity contribution in [1.29, 1.82) is 0 Å². The first-order chi connectivity index (χ1) is 8.19. The van der Waals surface area contributed by atoms with Gasteiger partial charge < -0.3 is 10.2 Å². The summed E-state index contributed by atoms with van der Waals surface area (Å²) in [4.78, 5) is 5.20. The van der Waals surface area contributed by atoms with Crippen LogP contribution in [-0.2, 0) is 0 Å². The first-order valence-corrected chi connectivity index (χ1v) is 7.34. The van der Waals surface area contributed by atoms with E-state index in [0.717, 1.165) is 18.6 Å². The predicted molar refractivity (Wildman–Crippen MR) is 75.5 cm³/mol. The van der Waals surface area contributed by atoms with Crippen LogP contribution in [-0.4, -0.2) is 61.7 Å². The molecule has 0 aromatic heterocycles. The third-order valence-corrected chi connectivity index (χ3v) is 4.13. The van der Waals surface area contributed by atoms with Crippen molar-refractivity contribution in [2.24, 2.45) is 0 Å². The zero-order valence-electron chi connectivity index (χ0n) is 12.2. The summed E-state index contributed by atoms with van der Waals surface area (Å²) in [5, 5.41) is 3.41. The van der Waals surface area contributed by atoms with Gasteiger partial charge in [0, 0.05) is 31.7 Å². The third kappa shape index (κ3) is 4.94. The van der Waals surface area contributed by atoms with Crippen molar-refractivity contribution in [2.45, 2.75) is 52.1 Å². The smallest absolute Gasteiger partial charge is 0.0218 e. The number of piperazine rings is 1. The Morgan fingerprint density at radius 1 is 1.29 bits per heavy atom. The van der Waals surface area contributed by atoms with Crippen molar-refractivity contribution >= 4 is 0 Å². The van der Waals surface area contributed by atoms with E-state index in [4.69, 9.17) is 0 Å². The zero-order chi connectivity index (χ0) is 12.7. The van der Waals surface area contributed by atoms with Gasteiger partial charge in [-0.2, -0.15) is 0 Å². The second kappa shape index (κ2) is 8.06. The van der Waals surface area contributed by atoms with Crippen molar-refractivity contribution in [3.8, 4) is 0 Å². The van der Waals surface area contributed by atoms with E-state index in [1.54, 1.807) is 0 Å². The Balaban J connectivity index is 2.24. The van der Waals surface area contributed by atoms with E-state index >= 15 is 0 Å². The fourth-order valence-corrected chi connectivity index (χ4v) is 2.69. The number of hydrogen-bond donors (Lipinski definition) is 1. The minimum Gasteiger partial charge on any atom is -0.317 e. The van der Waals surface area contributed by atoms with Gasteiger partial charge in [-0.05, 0) is 46.3 Å². The number of rotatable bonds is 7. The molecule has 3 nitrogen and oxygen atoms in total. The molecule has 1 heterocycles. The standard InChI is InChI=1S/C14H31N3/c1-5-14-12-17(11-10-16(14)4)13(3)8-7-9-15-6-2/h13-15H,5-12H2,1-4H3. The lowest BCUT2D eigenvalue weighted by molar-refractivity contribution is 0.0644. The van der Waals surface area contributed by atoms with Gasteiger partial charge in [0.1, 0.15) is 0 Å². The lowest BCUT2D eigenvalue weighted by Crippen LogP contribution is -2.53. The van der Waals surface area contributed by atoms with Crippen molar-refractivity contribution in [3.05, 3.63) is 0 Å². The van der Waals surface area contributed by atoms with Crippen LogP contribution in [0.3, 0.4) is 0 Å². The molecule has 0 spiro atoms. The van der Waals surface area contributed by atoms with Gasteiger partial charge in [0.05, 0.1) is 0 Å². The molecule has 0 radical (unpaired) electrons. The maximum atomic E-state index is 3.41. The van der Waals surface area contributed by atoms with Crippen molar-refractivity contribution < 1.29 is 0 Å². The normalized spacial score (nSPS) is 25.1. The van der Waals surface area contributed by atoms with Crippen molar-refractivity contribution in [1.82, 2.24) is 15.1 Å². The first kappa shape index (κ1) is 14.9. The van der Waals surface area contributed by atoms with E-state index in [9.17, 15) is 0 Å². The fourth-order valence-electron chi connectivity index (χ4n) is 2.69.